The monoisotopic (exact) mass is 430 g/mol. The lowest BCUT2D eigenvalue weighted by atomic mass is 10.2. The number of aromatic nitrogens is 1. The maximum atomic E-state index is 12.1. The average Bonchev–Trinajstić information content (AvgIpc) is 2.65. The molecule has 0 saturated heterocycles. The van der Waals surface area contributed by atoms with Gasteiger partial charge in [0.15, 0.2) is 18.9 Å². The first-order valence-corrected chi connectivity index (χ1v) is 8.62. The summed E-state index contributed by atoms with van der Waals surface area (Å²) in [7, 11) is 0. The minimum absolute atomic E-state index is 0. The van der Waals surface area contributed by atoms with Crippen molar-refractivity contribution >= 4 is 40.5 Å². The summed E-state index contributed by atoms with van der Waals surface area (Å²) in [6.45, 7) is 0.768. The van der Waals surface area contributed by atoms with Crippen LogP contribution in [-0.4, -0.2) is 12.1 Å². The Bertz CT molecular complexity index is 866. The van der Waals surface area contributed by atoms with Crippen LogP contribution in [-0.2, 0) is 6.54 Å². The molecule has 132 valence electrons. The van der Waals surface area contributed by atoms with Crippen molar-refractivity contribution in [2.45, 2.75) is 6.54 Å². The zero-order chi connectivity index (χ0) is 17.5. The fourth-order valence-electron chi connectivity index (χ4n) is 2.29. The molecule has 0 fully saturated rings. The van der Waals surface area contributed by atoms with E-state index in [2.05, 4.69) is 38.6 Å². The van der Waals surface area contributed by atoms with Crippen molar-refractivity contribution in [2.75, 3.05) is 0 Å². The zero-order valence-electron chi connectivity index (χ0n) is 13.9. The molecule has 0 radical (unpaired) electrons. The van der Waals surface area contributed by atoms with E-state index in [0.29, 0.717) is 5.56 Å². The highest BCUT2D eigenvalue weighted by Gasteiger charge is 2.08. The van der Waals surface area contributed by atoms with Crippen LogP contribution in [0.5, 0.6) is 0 Å². The van der Waals surface area contributed by atoms with Crippen LogP contribution in [0.4, 0.5) is 0 Å². The van der Waals surface area contributed by atoms with Gasteiger partial charge >= 0.3 is 0 Å². The molecule has 0 aliphatic carbocycles. The van der Waals surface area contributed by atoms with E-state index in [0.717, 1.165) is 16.6 Å². The molecule has 26 heavy (non-hydrogen) atoms. The van der Waals surface area contributed by atoms with Crippen LogP contribution in [0.2, 0.25) is 0 Å². The van der Waals surface area contributed by atoms with Gasteiger partial charge in [-0.2, -0.15) is 5.10 Å². The molecule has 0 bridgehead atoms. The van der Waals surface area contributed by atoms with Crippen LogP contribution >= 0.6 is 28.3 Å². The largest absolute Gasteiger partial charge is 0.271 e. The van der Waals surface area contributed by atoms with Crippen LogP contribution in [0.3, 0.4) is 0 Å². The first-order valence-electron chi connectivity index (χ1n) is 7.83. The number of hydrogen-bond donors (Lipinski definition) is 1. The molecule has 1 N–H and O–H groups in total. The second kappa shape index (κ2) is 9.85. The number of carbonyl (C=O) groups excluding carboxylic acids is 1. The van der Waals surface area contributed by atoms with E-state index in [-0.39, 0.29) is 18.3 Å². The Morgan fingerprint density at radius 3 is 2.31 bits per heavy atom. The van der Waals surface area contributed by atoms with Gasteiger partial charge in [0.2, 0.25) is 0 Å². The number of pyridine rings is 1. The molecule has 1 heterocycles. The lowest BCUT2D eigenvalue weighted by Crippen LogP contribution is -2.33. The van der Waals surface area contributed by atoms with Gasteiger partial charge < -0.3 is 0 Å². The molecule has 1 amide bonds. The number of amides is 1. The van der Waals surface area contributed by atoms with Crippen molar-refractivity contribution in [2.24, 2.45) is 5.10 Å². The number of halogens is 2. The third-order valence-corrected chi connectivity index (χ3v) is 4.14. The molecule has 0 saturated carbocycles. The van der Waals surface area contributed by atoms with Crippen LogP contribution < -0.4 is 9.99 Å². The predicted molar refractivity (Wildman–Crippen MR) is 109 cm³/mol. The Morgan fingerprint density at radius 2 is 1.65 bits per heavy atom. The molecule has 0 spiro atoms. The Labute approximate surface area is 167 Å². The van der Waals surface area contributed by atoms with E-state index in [1.165, 1.54) is 5.56 Å². The summed E-state index contributed by atoms with van der Waals surface area (Å²) in [5.41, 5.74) is 5.23. The van der Waals surface area contributed by atoms with Crippen molar-refractivity contribution in [1.29, 1.82) is 0 Å². The van der Waals surface area contributed by atoms with Crippen molar-refractivity contribution in [3.05, 3.63) is 100 Å². The molecule has 3 aromatic rings. The molecule has 6 heteroatoms. The highest BCUT2D eigenvalue weighted by molar-refractivity contribution is 9.10. The molecule has 0 atom stereocenters. The summed E-state index contributed by atoms with van der Waals surface area (Å²) in [6, 6.07) is 21.4. The molecule has 0 aliphatic heterocycles. The summed E-state index contributed by atoms with van der Waals surface area (Å²) in [5, 5.41) is 3.99. The number of nitrogens with one attached hydrogen (secondary N) is 1. The summed E-state index contributed by atoms with van der Waals surface area (Å²) in [5.74, 6) is -0.236. The fourth-order valence-corrected chi connectivity index (χ4v) is 2.55. The molecule has 3 rings (SSSR count). The minimum atomic E-state index is -0.236. The predicted octanol–water partition coefficient (Wildman–Crippen LogP) is 3.97. The summed E-state index contributed by atoms with van der Waals surface area (Å²) < 4.78 is 3.03. The third-order valence-electron chi connectivity index (χ3n) is 3.61. The molecule has 4 nitrogen and oxygen atoms in total. The molecule has 0 aliphatic rings. The molecule has 0 unspecified atom stereocenters. The van der Waals surface area contributed by atoms with E-state index in [1.807, 2.05) is 59.4 Å². The summed E-state index contributed by atoms with van der Waals surface area (Å²) in [6.07, 6.45) is 5.39. The zero-order valence-corrected chi connectivity index (χ0v) is 16.3. The number of nitrogens with zero attached hydrogens (tertiary/aromatic N) is 2. The lowest BCUT2D eigenvalue weighted by molar-refractivity contribution is -0.688. The third kappa shape index (κ3) is 5.79. The van der Waals surface area contributed by atoms with Crippen molar-refractivity contribution in [3.8, 4) is 0 Å². The Kier molecular flexibility index (Phi) is 7.51. The molecule has 2 aromatic carbocycles. The normalized spacial score (nSPS) is 10.3. The second-order valence-electron chi connectivity index (χ2n) is 5.50. The summed E-state index contributed by atoms with van der Waals surface area (Å²) >= 11 is 3.38. The van der Waals surface area contributed by atoms with Gasteiger partial charge in [0.05, 0.1) is 11.8 Å². The van der Waals surface area contributed by atoms with Gasteiger partial charge in [-0.25, -0.2) is 9.99 Å². The molecule has 1 aromatic heterocycles. The van der Waals surface area contributed by atoms with E-state index < -0.39 is 0 Å². The molecular formula is C20H18BrClN3O+. The first-order chi connectivity index (χ1) is 12.2. The van der Waals surface area contributed by atoms with Gasteiger partial charge in [0, 0.05) is 22.2 Å². The maximum absolute atomic E-state index is 12.1. The van der Waals surface area contributed by atoms with Crippen LogP contribution in [0.15, 0.2) is 88.7 Å². The lowest BCUT2D eigenvalue weighted by Gasteiger charge is -2.00. The number of hydrazone groups is 1. The van der Waals surface area contributed by atoms with Crippen molar-refractivity contribution in [3.63, 3.8) is 0 Å². The average molecular weight is 432 g/mol. The van der Waals surface area contributed by atoms with Gasteiger partial charge in [-0.15, -0.1) is 12.4 Å². The van der Waals surface area contributed by atoms with Gasteiger partial charge in [0.1, 0.15) is 0 Å². The Morgan fingerprint density at radius 1 is 1.00 bits per heavy atom. The van der Waals surface area contributed by atoms with E-state index in [1.54, 1.807) is 18.3 Å². The van der Waals surface area contributed by atoms with Gasteiger partial charge in [0.25, 0.3) is 5.91 Å². The standard InChI is InChI=1S/C20H16BrN3O.ClH/c21-19-8-6-16(7-9-19)14-22-23-20(25)18-10-12-24(13-11-18)15-17-4-2-1-3-5-17;/h1-14H,15H2;1H/p+1. The van der Waals surface area contributed by atoms with Gasteiger partial charge in [-0.1, -0.05) is 58.4 Å². The highest BCUT2D eigenvalue weighted by atomic mass is 79.9. The van der Waals surface area contributed by atoms with Crippen molar-refractivity contribution in [1.82, 2.24) is 5.43 Å². The van der Waals surface area contributed by atoms with E-state index in [9.17, 15) is 4.79 Å². The number of hydrogen-bond acceptors (Lipinski definition) is 2. The number of carbonyl (C=O) groups is 1. The number of benzene rings is 2. The minimum Gasteiger partial charge on any atom is -0.267 e. The van der Waals surface area contributed by atoms with E-state index >= 15 is 0 Å². The van der Waals surface area contributed by atoms with Gasteiger partial charge in [-0.3, -0.25) is 4.79 Å². The van der Waals surface area contributed by atoms with Crippen molar-refractivity contribution < 1.29 is 9.36 Å². The fraction of sp³-hybridized carbons (Fsp3) is 0.0500. The first kappa shape index (κ1) is 19.8. The Balaban J connectivity index is 0.00000243. The van der Waals surface area contributed by atoms with Gasteiger partial charge in [-0.05, 0) is 17.7 Å². The smallest absolute Gasteiger partial charge is 0.267 e. The quantitative estimate of drug-likeness (QED) is 0.371. The Hall–Kier alpha value is -2.50. The highest BCUT2D eigenvalue weighted by Crippen LogP contribution is 2.09. The topological polar surface area (TPSA) is 45.3 Å². The molecular weight excluding hydrogens is 414 g/mol. The van der Waals surface area contributed by atoms with E-state index in [4.69, 9.17) is 0 Å². The maximum Gasteiger partial charge on any atom is 0.271 e. The van der Waals surface area contributed by atoms with Crippen LogP contribution in [0, 0.1) is 0 Å². The van der Waals surface area contributed by atoms with Crippen LogP contribution in [0.25, 0.3) is 0 Å². The second-order valence-corrected chi connectivity index (χ2v) is 6.41. The van der Waals surface area contributed by atoms with Crippen LogP contribution in [0.1, 0.15) is 21.5 Å². The summed E-state index contributed by atoms with van der Waals surface area (Å²) in [4.78, 5) is 12.1. The number of rotatable bonds is 5. The SMILES string of the molecule is Cl.O=C(N/N=C/c1ccc(Br)cc1)c1cc[n+](Cc2ccccc2)cc1.